The highest BCUT2D eigenvalue weighted by Gasteiger charge is 2.17. The Morgan fingerprint density at radius 3 is 2.24 bits per heavy atom. The zero-order valence-corrected chi connectivity index (χ0v) is 12.4. The summed E-state index contributed by atoms with van der Waals surface area (Å²) in [5.41, 5.74) is 1.21. The number of amides is 1. The number of hydrogen-bond donors (Lipinski definition) is 1. The fraction of sp³-hybridized carbons (Fsp3) is 0.133. The van der Waals surface area contributed by atoms with Gasteiger partial charge in [0.25, 0.3) is 5.76 Å². The SMILES string of the molecule is O=C(Nc1ccc(SC(F)F)cc1)C(Cl)c1ccccc1. The molecule has 110 valence electrons. The lowest BCUT2D eigenvalue weighted by molar-refractivity contribution is -0.116. The lowest BCUT2D eigenvalue weighted by Crippen LogP contribution is -2.17. The highest BCUT2D eigenvalue weighted by Crippen LogP contribution is 2.27. The van der Waals surface area contributed by atoms with Crippen LogP contribution in [0.3, 0.4) is 0 Å². The Labute approximate surface area is 130 Å². The molecule has 1 N–H and O–H groups in total. The molecule has 0 aliphatic carbocycles. The Kier molecular flexibility index (Phi) is 5.59. The zero-order chi connectivity index (χ0) is 15.2. The van der Waals surface area contributed by atoms with Crippen LogP contribution in [0, 0.1) is 0 Å². The van der Waals surface area contributed by atoms with Gasteiger partial charge in [0.1, 0.15) is 5.38 Å². The Bertz CT molecular complexity index is 592. The Balaban J connectivity index is 1.99. The van der Waals surface area contributed by atoms with E-state index in [1.54, 1.807) is 36.4 Å². The maximum Gasteiger partial charge on any atom is 0.288 e. The first-order chi connectivity index (χ1) is 10.1. The van der Waals surface area contributed by atoms with E-state index in [0.717, 1.165) is 0 Å². The zero-order valence-electron chi connectivity index (χ0n) is 10.8. The topological polar surface area (TPSA) is 29.1 Å². The lowest BCUT2D eigenvalue weighted by Gasteiger charge is -2.11. The average molecular weight is 328 g/mol. The molecule has 1 unspecified atom stereocenters. The van der Waals surface area contributed by atoms with Crippen molar-refractivity contribution >= 4 is 35.0 Å². The molecule has 0 spiro atoms. The van der Waals surface area contributed by atoms with Gasteiger partial charge in [0, 0.05) is 10.6 Å². The van der Waals surface area contributed by atoms with Crippen LogP contribution in [0.25, 0.3) is 0 Å². The van der Waals surface area contributed by atoms with E-state index in [-0.39, 0.29) is 5.91 Å². The number of benzene rings is 2. The van der Waals surface area contributed by atoms with Gasteiger partial charge in [-0.15, -0.1) is 11.6 Å². The van der Waals surface area contributed by atoms with Gasteiger partial charge in [-0.1, -0.05) is 42.1 Å². The van der Waals surface area contributed by atoms with Crippen molar-refractivity contribution in [2.45, 2.75) is 16.0 Å². The van der Waals surface area contributed by atoms with Crippen LogP contribution >= 0.6 is 23.4 Å². The third-order valence-electron chi connectivity index (χ3n) is 2.67. The smallest absolute Gasteiger partial charge is 0.288 e. The Hall–Kier alpha value is -1.59. The molecule has 0 bridgehead atoms. The van der Waals surface area contributed by atoms with Gasteiger partial charge < -0.3 is 5.32 Å². The molecule has 0 radical (unpaired) electrons. The molecule has 6 heteroatoms. The molecule has 0 aliphatic heterocycles. The molecule has 2 rings (SSSR count). The molecule has 0 heterocycles. The first-order valence-corrected chi connectivity index (χ1v) is 7.42. The number of hydrogen-bond acceptors (Lipinski definition) is 2. The van der Waals surface area contributed by atoms with Crippen LogP contribution in [-0.2, 0) is 4.79 Å². The molecule has 21 heavy (non-hydrogen) atoms. The predicted molar refractivity (Wildman–Crippen MR) is 82.0 cm³/mol. The van der Waals surface area contributed by atoms with Crippen LogP contribution < -0.4 is 5.32 Å². The molecule has 2 aromatic carbocycles. The highest BCUT2D eigenvalue weighted by molar-refractivity contribution is 7.99. The third kappa shape index (κ3) is 4.72. The first-order valence-electron chi connectivity index (χ1n) is 6.11. The molecule has 0 aliphatic rings. The average Bonchev–Trinajstić information content (AvgIpc) is 2.49. The van der Waals surface area contributed by atoms with Crippen molar-refractivity contribution in [1.29, 1.82) is 0 Å². The number of rotatable bonds is 5. The van der Waals surface area contributed by atoms with Crippen LogP contribution in [0.5, 0.6) is 0 Å². The second kappa shape index (κ2) is 7.43. The fourth-order valence-corrected chi connectivity index (χ4v) is 2.40. The van der Waals surface area contributed by atoms with Crippen molar-refractivity contribution in [2.24, 2.45) is 0 Å². The molecular weight excluding hydrogens is 316 g/mol. The van der Waals surface area contributed by atoms with Crippen LogP contribution in [0.2, 0.25) is 0 Å². The second-order valence-corrected chi connectivity index (χ2v) is 5.67. The minimum atomic E-state index is -2.46. The summed E-state index contributed by atoms with van der Waals surface area (Å²) < 4.78 is 24.4. The van der Waals surface area contributed by atoms with E-state index in [0.29, 0.717) is 27.9 Å². The van der Waals surface area contributed by atoms with Crippen LogP contribution in [0.4, 0.5) is 14.5 Å². The maximum atomic E-state index is 12.2. The fourth-order valence-electron chi connectivity index (χ4n) is 1.70. The Morgan fingerprint density at radius 1 is 1.05 bits per heavy atom. The van der Waals surface area contributed by atoms with Gasteiger partial charge in [-0.3, -0.25) is 4.79 Å². The minimum Gasteiger partial charge on any atom is -0.325 e. The Morgan fingerprint density at radius 2 is 1.67 bits per heavy atom. The molecule has 0 saturated carbocycles. The number of carbonyl (C=O) groups is 1. The molecular formula is C15H12ClF2NOS. The lowest BCUT2D eigenvalue weighted by atomic mass is 10.1. The predicted octanol–water partition coefficient (Wildman–Crippen LogP) is 4.92. The summed E-state index contributed by atoms with van der Waals surface area (Å²) >= 11 is 6.55. The number of halogens is 3. The van der Waals surface area contributed by atoms with Crippen molar-refractivity contribution < 1.29 is 13.6 Å². The monoisotopic (exact) mass is 327 g/mol. The van der Waals surface area contributed by atoms with E-state index < -0.39 is 11.1 Å². The molecule has 0 fully saturated rings. The van der Waals surface area contributed by atoms with E-state index >= 15 is 0 Å². The van der Waals surface area contributed by atoms with Crippen molar-refractivity contribution in [2.75, 3.05) is 5.32 Å². The van der Waals surface area contributed by atoms with Crippen LogP contribution in [0.1, 0.15) is 10.9 Å². The molecule has 0 saturated heterocycles. The summed E-state index contributed by atoms with van der Waals surface area (Å²) in [5.74, 6) is -2.83. The quantitative estimate of drug-likeness (QED) is 0.624. The molecule has 2 aromatic rings. The normalized spacial score (nSPS) is 12.2. The van der Waals surface area contributed by atoms with Gasteiger partial charge in [0.05, 0.1) is 0 Å². The van der Waals surface area contributed by atoms with Gasteiger partial charge in [0.15, 0.2) is 0 Å². The van der Waals surface area contributed by atoms with Gasteiger partial charge in [0.2, 0.25) is 5.91 Å². The van der Waals surface area contributed by atoms with Crippen molar-refractivity contribution in [3.63, 3.8) is 0 Å². The minimum absolute atomic E-state index is 0.364. The van der Waals surface area contributed by atoms with Crippen molar-refractivity contribution in [3.8, 4) is 0 Å². The van der Waals surface area contributed by atoms with E-state index in [9.17, 15) is 13.6 Å². The standard InChI is InChI=1S/C15H12ClF2NOS/c16-13(10-4-2-1-3-5-10)14(20)19-11-6-8-12(9-7-11)21-15(17)18/h1-9,13,15H,(H,19,20). The molecule has 2 nitrogen and oxygen atoms in total. The van der Waals surface area contributed by atoms with E-state index in [1.165, 1.54) is 12.1 Å². The van der Waals surface area contributed by atoms with Gasteiger partial charge >= 0.3 is 0 Å². The largest absolute Gasteiger partial charge is 0.325 e. The van der Waals surface area contributed by atoms with Crippen molar-refractivity contribution in [1.82, 2.24) is 0 Å². The summed E-state index contributed by atoms with van der Waals surface area (Å²) in [6.07, 6.45) is 0. The van der Waals surface area contributed by atoms with E-state index in [2.05, 4.69) is 5.32 Å². The number of alkyl halides is 3. The molecule has 1 amide bonds. The van der Waals surface area contributed by atoms with Crippen LogP contribution in [-0.4, -0.2) is 11.7 Å². The summed E-state index contributed by atoms with van der Waals surface area (Å²) in [5, 5.41) is 1.85. The summed E-state index contributed by atoms with van der Waals surface area (Å²) in [6, 6.07) is 15.1. The van der Waals surface area contributed by atoms with Crippen LogP contribution in [0.15, 0.2) is 59.5 Å². The van der Waals surface area contributed by atoms with E-state index in [1.807, 2.05) is 6.07 Å². The van der Waals surface area contributed by atoms with Crippen molar-refractivity contribution in [3.05, 3.63) is 60.2 Å². The summed E-state index contributed by atoms with van der Waals surface area (Å²) in [4.78, 5) is 12.4. The number of anilines is 1. The van der Waals surface area contributed by atoms with Gasteiger partial charge in [-0.25, -0.2) is 0 Å². The first kappa shape index (κ1) is 15.8. The number of carbonyl (C=O) groups excluding carboxylic acids is 1. The molecule has 0 aromatic heterocycles. The number of thioether (sulfide) groups is 1. The maximum absolute atomic E-state index is 12.2. The van der Waals surface area contributed by atoms with E-state index in [4.69, 9.17) is 11.6 Å². The third-order valence-corrected chi connectivity index (χ3v) is 3.84. The van der Waals surface area contributed by atoms with Gasteiger partial charge in [-0.2, -0.15) is 8.78 Å². The second-order valence-electron chi connectivity index (χ2n) is 4.17. The molecule has 1 atom stereocenters. The number of nitrogens with one attached hydrogen (secondary N) is 1. The summed E-state index contributed by atoms with van der Waals surface area (Å²) in [6.45, 7) is 0. The van der Waals surface area contributed by atoms with Gasteiger partial charge in [-0.05, 0) is 29.8 Å². The summed E-state index contributed by atoms with van der Waals surface area (Å²) in [7, 11) is 0. The highest BCUT2D eigenvalue weighted by atomic mass is 35.5.